The van der Waals surface area contributed by atoms with E-state index in [9.17, 15) is 15.0 Å². The van der Waals surface area contributed by atoms with Crippen molar-refractivity contribution in [3.8, 4) is 17.2 Å². The number of phenolic OH excluding ortho intramolecular Hbond substituents is 3. The van der Waals surface area contributed by atoms with Crippen molar-refractivity contribution in [2.24, 2.45) is 0 Å². The molecule has 0 aliphatic heterocycles. The number of carbonyl (C=O) groups excluding carboxylic acids is 1. The number of Topliss-reactive ketones (excluding diaryl/α,β-unsaturated/α-hetero) is 1. The van der Waals surface area contributed by atoms with E-state index >= 15 is 0 Å². The second-order valence-electron chi connectivity index (χ2n) is 4.16. The van der Waals surface area contributed by atoms with Crippen LogP contribution in [0.15, 0.2) is 12.1 Å². The van der Waals surface area contributed by atoms with Crippen molar-refractivity contribution in [1.82, 2.24) is 0 Å². The van der Waals surface area contributed by atoms with Crippen molar-refractivity contribution < 1.29 is 20.1 Å². The van der Waals surface area contributed by atoms with Crippen LogP contribution in [0.25, 0.3) is 0 Å². The van der Waals surface area contributed by atoms with E-state index in [1.54, 1.807) is 0 Å². The molecule has 4 heteroatoms. The summed E-state index contributed by atoms with van der Waals surface area (Å²) in [6.45, 7) is 2.07. The number of carbonyl (C=O) groups is 1. The van der Waals surface area contributed by atoms with Crippen LogP contribution >= 0.6 is 0 Å². The van der Waals surface area contributed by atoms with Crippen LogP contribution in [-0.4, -0.2) is 21.1 Å². The van der Waals surface area contributed by atoms with Gasteiger partial charge in [0.05, 0.1) is 0 Å². The fourth-order valence-electron chi connectivity index (χ4n) is 1.65. The molecule has 0 bridgehead atoms. The quantitative estimate of drug-likeness (QED) is 0.525. The summed E-state index contributed by atoms with van der Waals surface area (Å²) in [5, 5.41) is 27.7. The van der Waals surface area contributed by atoms with Gasteiger partial charge in [-0.3, -0.25) is 4.79 Å². The van der Waals surface area contributed by atoms with Gasteiger partial charge in [0.15, 0.2) is 17.2 Å². The lowest BCUT2D eigenvalue weighted by molar-refractivity contribution is -0.118. The van der Waals surface area contributed by atoms with Crippen LogP contribution in [0, 0.1) is 0 Å². The van der Waals surface area contributed by atoms with Gasteiger partial charge in [0.2, 0.25) is 0 Å². The lowest BCUT2D eigenvalue weighted by atomic mass is 10.0. The summed E-state index contributed by atoms with van der Waals surface area (Å²) in [4.78, 5) is 11.6. The molecule has 0 unspecified atom stereocenters. The third kappa shape index (κ3) is 3.98. The van der Waals surface area contributed by atoms with E-state index in [0.29, 0.717) is 12.0 Å². The van der Waals surface area contributed by atoms with Crippen LogP contribution in [0.3, 0.4) is 0 Å². The van der Waals surface area contributed by atoms with Gasteiger partial charge in [-0.15, -0.1) is 0 Å². The molecule has 3 N–H and O–H groups in total. The molecule has 17 heavy (non-hydrogen) atoms. The highest BCUT2D eigenvalue weighted by Gasteiger charge is 2.10. The Kier molecular flexibility index (Phi) is 4.82. The van der Waals surface area contributed by atoms with Gasteiger partial charge in [0.1, 0.15) is 5.78 Å². The van der Waals surface area contributed by atoms with Gasteiger partial charge in [-0.05, 0) is 24.1 Å². The SMILES string of the molecule is CCCCCC(=O)Cc1cc(O)c(O)c(O)c1. The molecule has 0 saturated carbocycles. The molecule has 0 atom stereocenters. The van der Waals surface area contributed by atoms with Crippen LogP contribution in [0.5, 0.6) is 17.2 Å². The molecule has 0 saturated heterocycles. The summed E-state index contributed by atoms with van der Waals surface area (Å²) >= 11 is 0. The molecular formula is C13H18O4. The fourth-order valence-corrected chi connectivity index (χ4v) is 1.65. The second-order valence-corrected chi connectivity index (χ2v) is 4.16. The minimum atomic E-state index is -0.549. The number of hydrogen-bond donors (Lipinski definition) is 3. The first kappa shape index (κ1) is 13.4. The maximum absolute atomic E-state index is 11.6. The van der Waals surface area contributed by atoms with Gasteiger partial charge >= 0.3 is 0 Å². The van der Waals surface area contributed by atoms with E-state index in [1.165, 1.54) is 12.1 Å². The Bertz CT molecular complexity index is 375. The van der Waals surface area contributed by atoms with E-state index in [2.05, 4.69) is 6.92 Å². The lowest BCUT2D eigenvalue weighted by Crippen LogP contribution is -2.02. The highest BCUT2D eigenvalue weighted by Crippen LogP contribution is 2.35. The van der Waals surface area contributed by atoms with Crippen molar-refractivity contribution in [3.05, 3.63) is 17.7 Å². The molecule has 0 aromatic heterocycles. The Morgan fingerprint density at radius 1 is 1.12 bits per heavy atom. The Morgan fingerprint density at radius 2 is 1.71 bits per heavy atom. The standard InChI is InChI=1S/C13H18O4/c1-2-3-4-5-10(14)6-9-7-11(15)13(17)12(16)8-9/h7-8,15-17H,2-6H2,1H3. The number of phenols is 3. The molecule has 0 heterocycles. The van der Waals surface area contributed by atoms with Gasteiger partial charge in [-0.2, -0.15) is 0 Å². The van der Waals surface area contributed by atoms with E-state index in [0.717, 1.165) is 19.3 Å². The van der Waals surface area contributed by atoms with Gasteiger partial charge in [0, 0.05) is 12.8 Å². The molecule has 94 valence electrons. The average Bonchev–Trinajstić information content (AvgIpc) is 2.26. The Balaban J connectivity index is 2.60. The summed E-state index contributed by atoms with van der Waals surface area (Å²) in [6, 6.07) is 2.60. The Hall–Kier alpha value is -1.71. The predicted octanol–water partition coefficient (Wildman–Crippen LogP) is 2.50. The van der Waals surface area contributed by atoms with Crippen LogP contribution < -0.4 is 0 Å². The number of unbranched alkanes of at least 4 members (excludes halogenated alkanes) is 2. The van der Waals surface area contributed by atoms with Crippen molar-refractivity contribution in [2.45, 2.75) is 39.0 Å². The van der Waals surface area contributed by atoms with Crippen LogP contribution in [0.4, 0.5) is 0 Å². The molecule has 0 radical (unpaired) electrons. The smallest absolute Gasteiger partial charge is 0.200 e. The third-order valence-electron chi connectivity index (χ3n) is 2.59. The number of benzene rings is 1. The second kappa shape index (κ2) is 6.13. The zero-order valence-electron chi connectivity index (χ0n) is 9.94. The summed E-state index contributed by atoms with van der Waals surface area (Å²) < 4.78 is 0. The molecule has 0 spiro atoms. The number of rotatable bonds is 6. The molecule has 0 amide bonds. The molecule has 4 nitrogen and oxygen atoms in total. The summed E-state index contributed by atoms with van der Waals surface area (Å²) in [5.41, 5.74) is 0.513. The van der Waals surface area contributed by atoms with E-state index in [-0.39, 0.29) is 12.2 Å². The molecule has 0 aliphatic rings. The number of ketones is 1. The van der Waals surface area contributed by atoms with Crippen molar-refractivity contribution in [3.63, 3.8) is 0 Å². The largest absolute Gasteiger partial charge is 0.504 e. The van der Waals surface area contributed by atoms with Gasteiger partial charge in [-0.25, -0.2) is 0 Å². The zero-order valence-corrected chi connectivity index (χ0v) is 9.94. The first-order chi connectivity index (χ1) is 8.04. The Morgan fingerprint density at radius 3 is 2.24 bits per heavy atom. The fraction of sp³-hybridized carbons (Fsp3) is 0.462. The number of aromatic hydroxyl groups is 3. The predicted molar refractivity (Wildman–Crippen MR) is 64.3 cm³/mol. The summed E-state index contributed by atoms with van der Waals surface area (Å²) in [5.74, 6) is -1.28. The zero-order chi connectivity index (χ0) is 12.8. The Labute approximate surface area is 101 Å². The molecule has 1 aromatic carbocycles. The summed E-state index contributed by atoms with van der Waals surface area (Å²) in [7, 11) is 0. The number of hydrogen-bond acceptors (Lipinski definition) is 4. The van der Waals surface area contributed by atoms with Crippen molar-refractivity contribution in [1.29, 1.82) is 0 Å². The molecule has 1 rings (SSSR count). The maximum atomic E-state index is 11.6. The van der Waals surface area contributed by atoms with E-state index in [4.69, 9.17) is 5.11 Å². The normalized spacial score (nSPS) is 10.4. The highest BCUT2D eigenvalue weighted by molar-refractivity contribution is 5.81. The maximum Gasteiger partial charge on any atom is 0.200 e. The molecular weight excluding hydrogens is 220 g/mol. The monoisotopic (exact) mass is 238 g/mol. The minimum absolute atomic E-state index is 0.0722. The third-order valence-corrected chi connectivity index (χ3v) is 2.59. The van der Waals surface area contributed by atoms with Gasteiger partial charge in [0.25, 0.3) is 0 Å². The van der Waals surface area contributed by atoms with Crippen molar-refractivity contribution >= 4 is 5.78 Å². The topological polar surface area (TPSA) is 77.8 Å². The first-order valence-corrected chi connectivity index (χ1v) is 5.80. The molecule has 0 fully saturated rings. The molecule has 0 aliphatic carbocycles. The minimum Gasteiger partial charge on any atom is -0.504 e. The van der Waals surface area contributed by atoms with Crippen LogP contribution in [0.1, 0.15) is 38.2 Å². The van der Waals surface area contributed by atoms with E-state index in [1.807, 2.05) is 0 Å². The van der Waals surface area contributed by atoms with Gasteiger partial charge < -0.3 is 15.3 Å². The highest BCUT2D eigenvalue weighted by atomic mass is 16.3. The van der Waals surface area contributed by atoms with Crippen molar-refractivity contribution in [2.75, 3.05) is 0 Å². The average molecular weight is 238 g/mol. The molecule has 1 aromatic rings. The van der Waals surface area contributed by atoms with E-state index < -0.39 is 17.2 Å². The van der Waals surface area contributed by atoms with Crippen LogP contribution in [-0.2, 0) is 11.2 Å². The summed E-state index contributed by atoms with van der Waals surface area (Å²) in [6.07, 6.45) is 3.64. The first-order valence-electron chi connectivity index (χ1n) is 5.80. The van der Waals surface area contributed by atoms with Crippen LogP contribution in [0.2, 0.25) is 0 Å². The van der Waals surface area contributed by atoms with Gasteiger partial charge in [-0.1, -0.05) is 19.8 Å². The lowest BCUT2D eigenvalue weighted by Gasteiger charge is -2.05.